The van der Waals surface area contributed by atoms with E-state index in [4.69, 9.17) is 0 Å². The Bertz CT molecular complexity index is 1200. The third kappa shape index (κ3) is 7.08. The molecule has 3 heterocycles. The third-order valence-electron chi connectivity index (χ3n) is 6.76. The molecule has 1 aromatic carbocycles. The molecule has 0 aliphatic carbocycles. The summed E-state index contributed by atoms with van der Waals surface area (Å²) in [7, 11) is 0. The van der Waals surface area contributed by atoms with Gasteiger partial charge in [-0.25, -0.2) is 0 Å². The van der Waals surface area contributed by atoms with Gasteiger partial charge in [0.1, 0.15) is 12.1 Å². The first-order valence-corrected chi connectivity index (χ1v) is 12.0. The average molecular weight is 585 g/mol. The van der Waals surface area contributed by atoms with Crippen LogP contribution in [0.15, 0.2) is 34.9 Å². The number of anilines is 1. The van der Waals surface area contributed by atoms with Gasteiger partial charge >= 0.3 is 88.7 Å². The maximum atomic E-state index is 12.9. The van der Waals surface area contributed by atoms with Gasteiger partial charge in [-0.05, 0) is 31.0 Å². The topological polar surface area (TPSA) is 193 Å². The van der Waals surface area contributed by atoms with E-state index in [0.717, 1.165) is 21.6 Å². The Hall–Kier alpha value is -0.580. The fraction of sp³-hybridized carbons (Fsp3) is 0.435. The van der Waals surface area contributed by atoms with Crippen LogP contribution in [0.5, 0.6) is 0 Å². The van der Waals surface area contributed by atoms with Crippen molar-refractivity contribution in [2.75, 3.05) is 11.9 Å². The predicted octanol–water partition coefficient (Wildman–Crippen LogP) is -11.7. The number of carbonyl (C=O) groups excluding carboxylic acids is 5. The van der Waals surface area contributed by atoms with Crippen molar-refractivity contribution in [2.45, 2.75) is 43.7 Å². The number of β-lactam (4-membered cyclic amide) rings is 1. The van der Waals surface area contributed by atoms with Crippen LogP contribution in [-0.2, 0) is 14.4 Å². The van der Waals surface area contributed by atoms with Crippen LogP contribution in [-0.4, -0.2) is 74.7 Å². The fourth-order valence-electron chi connectivity index (χ4n) is 5.13. The fourth-order valence-corrected chi connectivity index (χ4v) is 6.65. The summed E-state index contributed by atoms with van der Waals surface area (Å²) in [5.74, 6) is -5.43. The number of likely N-dealkylation sites (tertiary alicyclic amines) is 1. The maximum absolute atomic E-state index is 12.9. The number of aliphatic hydroxyl groups excluding tert-OH is 1. The molecular weight excluding hydrogens is 563 g/mol. The maximum Gasteiger partial charge on any atom is 1.00 e. The molecule has 0 radical (unpaired) electrons. The van der Waals surface area contributed by atoms with Crippen molar-refractivity contribution in [1.82, 2.24) is 9.80 Å². The van der Waals surface area contributed by atoms with Crippen LogP contribution in [0, 0.1) is 11.8 Å². The summed E-state index contributed by atoms with van der Waals surface area (Å²) in [5, 5.41) is 46.6. The van der Waals surface area contributed by atoms with E-state index >= 15 is 0 Å². The number of aliphatic carboxylic acids is 1. The number of fused-ring (bicyclic) bond motifs is 1. The van der Waals surface area contributed by atoms with Crippen molar-refractivity contribution in [2.24, 2.45) is 11.8 Å². The quantitative estimate of drug-likeness (QED) is 0.229. The second-order valence-corrected chi connectivity index (χ2v) is 10.4. The van der Waals surface area contributed by atoms with Crippen LogP contribution in [0.3, 0.4) is 0 Å². The number of nitrogens with one attached hydrogen (secondary N) is 1. The van der Waals surface area contributed by atoms with Gasteiger partial charge in [-0.1, -0.05) is 19.1 Å². The van der Waals surface area contributed by atoms with Crippen molar-refractivity contribution in [1.29, 1.82) is 0 Å². The monoisotopic (exact) mass is 585 g/mol. The zero-order valence-corrected chi connectivity index (χ0v) is 29.0. The van der Waals surface area contributed by atoms with Crippen LogP contribution in [0.25, 0.3) is 0 Å². The summed E-state index contributed by atoms with van der Waals surface area (Å²) >= 11 is 1.06. The van der Waals surface area contributed by atoms with Crippen molar-refractivity contribution >= 4 is 47.3 Å². The Labute approximate surface area is 294 Å². The molecule has 6 atom stereocenters. The van der Waals surface area contributed by atoms with Gasteiger partial charge in [-0.15, -0.1) is 11.8 Å². The SMILES string of the molecule is CC(O)[C@H]1C(=O)N2C(C(=O)[O-])=C(S[C@H]3C[C@@H](C(=O)Nc4cccc(C(=O)[O-])c4)N(C(=O)[O-])C3)[C@H](C)[C@H]12.[Na+].[Na+].[Na+]. The normalized spacial score (nSPS) is 25.8. The minimum absolute atomic E-state index is 0. The molecule has 0 spiro atoms. The number of nitrogens with zero attached hydrogens (tertiary/aromatic N) is 2. The van der Waals surface area contributed by atoms with Gasteiger partial charge in [-0.3, -0.25) is 9.59 Å². The Morgan fingerprint density at radius 1 is 1.10 bits per heavy atom. The van der Waals surface area contributed by atoms with E-state index in [1.807, 2.05) is 0 Å². The summed E-state index contributed by atoms with van der Waals surface area (Å²) in [6.07, 6.45) is -2.56. The number of hydrogen-bond acceptors (Lipinski definition) is 10. The molecular formula is C23H22N3Na3O9S. The van der Waals surface area contributed by atoms with Gasteiger partial charge in [0, 0.05) is 28.3 Å². The zero-order chi connectivity index (χ0) is 26.5. The van der Waals surface area contributed by atoms with E-state index < -0.39 is 65.1 Å². The molecule has 1 unspecified atom stereocenters. The molecule has 0 saturated carbocycles. The van der Waals surface area contributed by atoms with E-state index in [2.05, 4.69) is 5.32 Å². The molecule has 3 aliphatic rings. The molecule has 192 valence electrons. The minimum Gasteiger partial charge on any atom is -0.545 e. The molecule has 2 N–H and O–H groups in total. The van der Waals surface area contributed by atoms with Crippen LogP contribution in [0.2, 0.25) is 0 Å². The third-order valence-corrected chi connectivity index (χ3v) is 8.26. The van der Waals surface area contributed by atoms with Crippen LogP contribution in [0.4, 0.5) is 10.5 Å². The molecule has 2 fully saturated rings. The number of thioether (sulfide) groups is 1. The van der Waals surface area contributed by atoms with Gasteiger partial charge < -0.3 is 49.9 Å². The average Bonchev–Trinajstić information content (AvgIpc) is 3.32. The zero-order valence-electron chi connectivity index (χ0n) is 22.2. The standard InChI is InChI=1S/C23H25N3O9S.3Na/c1-9-16-15(10(2)27)20(29)26(16)17(22(32)33)18(9)36-13-7-14(25(8-13)23(34)35)19(28)24-12-5-3-4-11(6-12)21(30)31;;;/h3-6,9-10,13-16,27H,7-8H2,1-2H3,(H,24,28)(H,30,31)(H,32,33)(H,34,35);;;/q;3*+1/p-3/t9-,10?,13+,14+,15-,16-;;;/m1.../s1. The molecule has 1 aromatic rings. The molecule has 3 amide bonds. The van der Waals surface area contributed by atoms with Crippen LogP contribution < -0.4 is 109 Å². The molecule has 0 bridgehead atoms. The van der Waals surface area contributed by atoms with E-state index in [-0.39, 0.29) is 119 Å². The van der Waals surface area contributed by atoms with Gasteiger partial charge in [-0.2, -0.15) is 0 Å². The Morgan fingerprint density at radius 3 is 2.28 bits per heavy atom. The Morgan fingerprint density at radius 2 is 1.74 bits per heavy atom. The number of rotatable bonds is 7. The van der Waals surface area contributed by atoms with Gasteiger partial charge in [0.05, 0.1) is 35.7 Å². The Balaban J connectivity index is 0.00000253. The number of benzene rings is 1. The second kappa shape index (κ2) is 14.5. The summed E-state index contributed by atoms with van der Waals surface area (Å²) in [5.41, 5.74) is -0.336. The molecule has 0 aromatic heterocycles. The molecule has 2 saturated heterocycles. The summed E-state index contributed by atoms with van der Waals surface area (Å²) in [4.78, 5) is 62.4. The van der Waals surface area contributed by atoms with E-state index in [1.54, 1.807) is 6.92 Å². The van der Waals surface area contributed by atoms with Crippen molar-refractivity contribution in [3.63, 3.8) is 0 Å². The number of carbonyl (C=O) groups is 5. The first-order valence-electron chi connectivity index (χ1n) is 11.2. The van der Waals surface area contributed by atoms with E-state index in [9.17, 15) is 44.4 Å². The van der Waals surface area contributed by atoms with Crippen molar-refractivity contribution in [3.05, 3.63) is 40.4 Å². The minimum atomic E-state index is -1.59. The van der Waals surface area contributed by atoms with Gasteiger partial charge in [0.25, 0.3) is 0 Å². The van der Waals surface area contributed by atoms with Crippen LogP contribution >= 0.6 is 11.8 Å². The van der Waals surface area contributed by atoms with Crippen molar-refractivity contribution in [3.8, 4) is 0 Å². The second-order valence-electron chi connectivity index (χ2n) is 9.02. The Kier molecular flexibility index (Phi) is 13.6. The number of carboxylic acids is 2. The van der Waals surface area contributed by atoms with Crippen LogP contribution in [0.1, 0.15) is 30.6 Å². The van der Waals surface area contributed by atoms with Crippen molar-refractivity contribution < 1.29 is 133 Å². The van der Waals surface area contributed by atoms with Gasteiger partial charge in [0.15, 0.2) is 0 Å². The summed E-state index contributed by atoms with van der Waals surface area (Å²) in [6.45, 7) is 3.04. The van der Waals surface area contributed by atoms with Gasteiger partial charge in [0.2, 0.25) is 11.8 Å². The molecule has 12 nitrogen and oxygen atoms in total. The summed E-state index contributed by atoms with van der Waals surface area (Å²) < 4.78 is 0. The first kappa shape index (κ1) is 36.4. The summed E-state index contributed by atoms with van der Waals surface area (Å²) in [6, 6.07) is 3.56. The molecule has 3 aliphatic heterocycles. The first-order chi connectivity index (χ1) is 16.9. The molecule has 39 heavy (non-hydrogen) atoms. The number of hydrogen-bond donors (Lipinski definition) is 2. The largest absolute Gasteiger partial charge is 1.00 e. The number of carboxylic acid groups (broad SMARTS) is 3. The smallest absolute Gasteiger partial charge is 0.545 e. The number of aliphatic hydroxyl groups is 1. The predicted molar refractivity (Wildman–Crippen MR) is 118 cm³/mol. The molecule has 4 rings (SSSR count). The number of aromatic carboxylic acids is 1. The van der Waals surface area contributed by atoms with E-state index in [1.165, 1.54) is 31.2 Å². The van der Waals surface area contributed by atoms with E-state index in [0.29, 0.717) is 4.91 Å². The molecule has 16 heteroatoms. The number of amides is 3.